The first-order chi connectivity index (χ1) is 34.3. The van der Waals surface area contributed by atoms with Gasteiger partial charge >= 0.3 is 17.9 Å². The molecule has 5 heterocycles. The largest absolute Gasteiger partial charge is 0.458 e. The van der Waals surface area contributed by atoms with Crippen molar-refractivity contribution in [1.82, 2.24) is 0 Å². The lowest BCUT2D eigenvalue weighted by Gasteiger charge is -2.50. The van der Waals surface area contributed by atoms with Crippen molar-refractivity contribution in [2.45, 2.75) is 225 Å². The van der Waals surface area contributed by atoms with Gasteiger partial charge in [-0.2, -0.15) is 0 Å². The lowest BCUT2D eigenvalue weighted by molar-refractivity contribution is -0.344. The Labute approximate surface area is 430 Å². The van der Waals surface area contributed by atoms with Gasteiger partial charge in [0.05, 0.1) is 60.9 Å². The second-order valence-corrected chi connectivity index (χ2v) is 21.4. The molecule has 0 bridgehead atoms. The summed E-state index contributed by atoms with van der Waals surface area (Å²) in [7, 11) is 0. The summed E-state index contributed by atoms with van der Waals surface area (Å²) in [6, 6.07) is 0. The summed E-state index contributed by atoms with van der Waals surface area (Å²) in [4.78, 5) is 40.6. The molecule has 73 heavy (non-hydrogen) atoms. The minimum Gasteiger partial charge on any atom is -0.458 e. The van der Waals surface area contributed by atoms with Crippen molar-refractivity contribution >= 4 is 17.9 Å². The van der Waals surface area contributed by atoms with E-state index in [9.17, 15) is 50.1 Å². The van der Waals surface area contributed by atoms with Crippen LogP contribution in [0.1, 0.15) is 115 Å². The van der Waals surface area contributed by atoms with Crippen LogP contribution in [0.3, 0.4) is 0 Å². The van der Waals surface area contributed by atoms with Gasteiger partial charge in [0, 0.05) is 72.8 Å². The van der Waals surface area contributed by atoms with Gasteiger partial charge in [-0.1, -0.05) is 84.9 Å². The van der Waals surface area contributed by atoms with E-state index in [4.69, 9.17) is 42.6 Å². The maximum absolute atomic E-state index is 13.7. The molecule has 19 heteroatoms. The van der Waals surface area contributed by atoms with Gasteiger partial charge < -0.3 is 78.4 Å². The normalized spacial score (nSPS) is 44.3. The van der Waals surface area contributed by atoms with Crippen molar-refractivity contribution in [3.05, 3.63) is 48.6 Å². The molecule has 0 aromatic carbocycles. The van der Waals surface area contributed by atoms with E-state index in [1.807, 2.05) is 27.7 Å². The van der Waals surface area contributed by atoms with Crippen molar-refractivity contribution in [2.75, 3.05) is 0 Å². The van der Waals surface area contributed by atoms with Crippen molar-refractivity contribution in [1.29, 1.82) is 0 Å². The fourth-order valence-corrected chi connectivity index (χ4v) is 11.1. The van der Waals surface area contributed by atoms with Crippen LogP contribution in [0.5, 0.6) is 0 Å². The van der Waals surface area contributed by atoms with Crippen molar-refractivity contribution < 1.29 is 92.8 Å². The predicted molar refractivity (Wildman–Crippen MR) is 263 cm³/mol. The number of aliphatic hydroxyl groups is 7. The van der Waals surface area contributed by atoms with E-state index in [1.54, 1.807) is 72.8 Å². The van der Waals surface area contributed by atoms with Crippen molar-refractivity contribution in [3.63, 3.8) is 0 Å². The summed E-state index contributed by atoms with van der Waals surface area (Å²) in [6.45, 7) is 20.9. The Hall–Kier alpha value is -3.15. The number of hydrogen-bond donors (Lipinski definition) is 7. The average molecular weight is 1040 g/mol. The highest BCUT2D eigenvalue weighted by Gasteiger charge is 2.53. The first-order valence-corrected chi connectivity index (χ1v) is 26.4. The molecule has 0 saturated carbocycles. The van der Waals surface area contributed by atoms with Crippen molar-refractivity contribution in [2.24, 2.45) is 47.3 Å². The summed E-state index contributed by atoms with van der Waals surface area (Å²) < 4.78 is 54.4. The Bertz CT molecular complexity index is 1890. The Morgan fingerprint density at radius 3 is 1.63 bits per heavy atom. The van der Waals surface area contributed by atoms with E-state index >= 15 is 0 Å². The Morgan fingerprint density at radius 1 is 0.671 bits per heavy atom. The third-order valence-electron chi connectivity index (χ3n) is 16.0. The number of carbonyl (C=O) groups excluding carboxylic acids is 3. The van der Waals surface area contributed by atoms with Gasteiger partial charge in [-0.05, 0) is 47.5 Å². The third kappa shape index (κ3) is 15.1. The van der Waals surface area contributed by atoms with Crippen LogP contribution in [0, 0.1) is 47.3 Å². The standard InChI is InChI=1S/C54H86O19/c1-13-36-33(10)73-54(64,25-40(36)68-43-23-38(55)47(61)34(11)65-43)31(8)46(60)29(6)50-27(4)20-16-18-21-41(57)69-49(26(3)19-15-17-22-42(58)70-50)28(5)45(59)30(7)52(63)72-53-51(37(14-2)32(9)67-53)71-44-24-39(56)48(62)35(12)66-44/h15-22,26-40,43-51,53,55-56,59-62,64H,13-14,23-25H2,1-12H3/b19-15+,20-16+,21-18+,22-17+/t26?,27?,28-,29-,30?,31?,32?,33+,34-,35-,36?,37-,38-,39-,40+,43?,44?,45?,46?,47+,48+,49?,50?,51?,53?,54?/m0/s1. The molecular weight excluding hydrogens is 953 g/mol. The molecule has 416 valence electrons. The van der Waals surface area contributed by atoms with Crippen molar-refractivity contribution in [3.8, 4) is 0 Å². The maximum atomic E-state index is 13.7. The summed E-state index contributed by atoms with van der Waals surface area (Å²) in [6.07, 6.45) is -2.14. The summed E-state index contributed by atoms with van der Waals surface area (Å²) in [5.74, 6) is -9.19. The SMILES string of the molecule is CCC1[C@@H](C)OC(O)(C(C)C(O)[C@H](C)C2OC(=O)/C=C/C=C/C(C)C([C@@H](C)C(O)C(C)C(=O)OC3OC(C)[C@H](CC)C3OC3C[C@H](O)[C@H](O)[C@H](C)O3)OC(=O)/C=C/C=C/C2C)C[C@H]1OC1C[C@H](O)[C@H](O)[C@H](C)O1. The van der Waals surface area contributed by atoms with E-state index in [2.05, 4.69) is 0 Å². The quantitative estimate of drug-likeness (QED) is 0.0905. The smallest absolute Gasteiger partial charge is 0.331 e. The van der Waals surface area contributed by atoms with E-state index in [0.29, 0.717) is 12.8 Å². The number of aliphatic hydroxyl groups excluding tert-OH is 6. The van der Waals surface area contributed by atoms with Crippen LogP contribution in [0.4, 0.5) is 0 Å². The molecule has 4 fully saturated rings. The molecule has 19 nitrogen and oxygen atoms in total. The van der Waals surface area contributed by atoms with Gasteiger partial charge in [0.1, 0.15) is 30.5 Å². The molecular formula is C54H86O19. The minimum absolute atomic E-state index is 0.00290. The van der Waals surface area contributed by atoms with Gasteiger partial charge in [-0.25, -0.2) is 9.59 Å². The summed E-state index contributed by atoms with van der Waals surface area (Å²) in [5, 5.41) is 77.0. The van der Waals surface area contributed by atoms with E-state index in [1.165, 1.54) is 31.2 Å². The van der Waals surface area contributed by atoms with E-state index < -0.39 is 157 Å². The maximum Gasteiger partial charge on any atom is 0.331 e. The topological polar surface area (TPSA) is 276 Å². The Balaban J connectivity index is 1.25. The third-order valence-corrected chi connectivity index (χ3v) is 16.0. The van der Waals surface area contributed by atoms with Crippen LogP contribution >= 0.6 is 0 Å². The number of rotatable bonds is 15. The second kappa shape index (κ2) is 26.8. The van der Waals surface area contributed by atoms with Gasteiger partial charge in [-0.15, -0.1) is 0 Å². The molecule has 4 saturated heterocycles. The number of carbonyl (C=O) groups is 3. The second-order valence-electron chi connectivity index (χ2n) is 21.4. The van der Waals surface area contributed by atoms with Crippen LogP contribution < -0.4 is 0 Å². The Kier molecular flexibility index (Phi) is 22.2. The summed E-state index contributed by atoms with van der Waals surface area (Å²) in [5.41, 5.74) is 0. The molecule has 26 atom stereocenters. The number of esters is 3. The van der Waals surface area contributed by atoms with Crippen LogP contribution in [-0.4, -0.2) is 164 Å². The highest BCUT2D eigenvalue weighted by Crippen LogP contribution is 2.43. The van der Waals surface area contributed by atoms with Crippen LogP contribution in [0.2, 0.25) is 0 Å². The van der Waals surface area contributed by atoms with Gasteiger partial charge in [-0.3, -0.25) is 4.79 Å². The molecule has 5 aliphatic rings. The molecule has 7 N–H and O–H groups in total. The number of hydrogen-bond acceptors (Lipinski definition) is 19. The van der Waals surface area contributed by atoms with Gasteiger partial charge in [0.2, 0.25) is 6.29 Å². The highest BCUT2D eigenvalue weighted by molar-refractivity contribution is 5.83. The van der Waals surface area contributed by atoms with E-state index in [-0.39, 0.29) is 37.2 Å². The lowest BCUT2D eigenvalue weighted by Crippen LogP contribution is -2.59. The van der Waals surface area contributed by atoms with Crippen LogP contribution in [-0.2, 0) is 57.0 Å². The zero-order chi connectivity index (χ0) is 54.2. The number of cyclic esters (lactones) is 2. The molecule has 0 aliphatic carbocycles. The molecule has 15 unspecified atom stereocenters. The summed E-state index contributed by atoms with van der Waals surface area (Å²) >= 11 is 0. The predicted octanol–water partition coefficient (Wildman–Crippen LogP) is 3.91. The molecule has 5 rings (SSSR count). The fraction of sp³-hybridized carbons (Fsp3) is 0.796. The minimum atomic E-state index is -1.88. The highest BCUT2D eigenvalue weighted by atomic mass is 16.8. The molecule has 0 radical (unpaired) electrons. The lowest BCUT2D eigenvalue weighted by atomic mass is 9.76. The molecule has 0 aromatic heterocycles. The number of ether oxygens (including phenoxy) is 9. The molecule has 0 spiro atoms. The molecule has 0 amide bonds. The first kappa shape index (κ1) is 60.7. The first-order valence-electron chi connectivity index (χ1n) is 26.4. The zero-order valence-electron chi connectivity index (χ0n) is 44.6. The van der Waals surface area contributed by atoms with E-state index in [0.717, 1.165) is 0 Å². The molecule has 5 aliphatic heterocycles. The zero-order valence-corrected chi connectivity index (χ0v) is 44.6. The Morgan fingerprint density at radius 2 is 1.15 bits per heavy atom. The van der Waals surface area contributed by atoms with Gasteiger partial charge in [0.25, 0.3) is 0 Å². The fourth-order valence-electron chi connectivity index (χ4n) is 11.1. The van der Waals surface area contributed by atoms with Crippen LogP contribution in [0.15, 0.2) is 48.6 Å². The average Bonchev–Trinajstić information content (AvgIpc) is 3.63. The molecule has 0 aromatic rings. The van der Waals surface area contributed by atoms with Gasteiger partial charge in [0.15, 0.2) is 18.4 Å². The number of allylic oxidation sites excluding steroid dienone is 4. The monoisotopic (exact) mass is 1040 g/mol. The van der Waals surface area contributed by atoms with Crippen LogP contribution in [0.25, 0.3) is 0 Å².